The quantitative estimate of drug-likeness (QED) is 0.737. The lowest BCUT2D eigenvalue weighted by molar-refractivity contribution is -0.140. The summed E-state index contributed by atoms with van der Waals surface area (Å²) in [5.74, 6) is -0.264. The van der Waals surface area contributed by atoms with Crippen LogP contribution in [-0.2, 0) is 16.0 Å². The van der Waals surface area contributed by atoms with E-state index in [4.69, 9.17) is 0 Å². The Morgan fingerprint density at radius 2 is 2.13 bits per heavy atom. The number of ether oxygens (including phenoxy) is 1. The highest BCUT2D eigenvalue weighted by molar-refractivity contribution is 5.69. The molecule has 0 saturated heterocycles. The number of aromatic nitrogens is 2. The van der Waals surface area contributed by atoms with Gasteiger partial charge in [0.1, 0.15) is 0 Å². The lowest BCUT2D eigenvalue weighted by Gasteiger charge is -2.06. The van der Waals surface area contributed by atoms with E-state index in [1.54, 1.807) is 13.8 Å². The number of methoxy groups -OCH3 is 1. The monoisotopic (exact) mass is 210 g/mol. The maximum atomic E-state index is 11.0. The number of nitrogens with zero attached hydrogens (tertiary/aromatic N) is 1. The summed E-state index contributed by atoms with van der Waals surface area (Å²) in [7, 11) is 1.35. The molecule has 0 amide bonds. The Morgan fingerprint density at radius 1 is 1.47 bits per heavy atom. The highest BCUT2D eigenvalue weighted by Gasteiger charge is 2.08. The molecule has 0 aliphatic carbocycles. The van der Waals surface area contributed by atoms with E-state index in [-0.39, 0.29) is 11.7 Å². The van der Waals surface area contributed by atoms with E-state index in [1.165, 1.54) is 7.11 Å². The van der Waals surface area contributed by atoms with Crippen molar-refractivity contribution in [3.63, 3.8) is 0 Å². The van der Waals surface area contributed by atoms with Crippen LogP contribution in [-0.4, -0.2) is 23.0 Å². The minimum absolute atomic E-state index is 0.264. The molecule has 15 heavy (non-hydrogen) atoms. The zero-order chi connectivity index (χ0) is 11.4. The smallest absolute Gasteiger partial charge is 0.345 e. The van der Waals surface area contributed by atoms with Crippen LogP contribution in [0.2, 0.25) is 0 Å². The first-order chi connectivity index (χ1) is 7.04. The van der Waals surface area contributed by atoms with Crippen LogP contribution >= 0.6 is 0 Å². The van der Waals surface area contributed by atoms with Gasteiger partial charge in [0.2, 0.25) is 0 Å². The molecule has 1 aromatic heterocycles. The maximum Gasteiger partial charge on any atom is 0.345 e. The van der Waals surface area contributed by atoms with Gasteiger partial charge in [-0.1, -0.05) is 0 Å². The van der Waals surface area contributed by atoms with Crippen molar-refractivity contribution in [1.29, 1.82) is 0 Å². The van der Waals surface area contributed by atoms with Gasteiger partial charge in [0.15, 0.2) is 0 Å². The molecule has 0 saturated carbocycles. The van der Waals surface area contributed by atoms with E-state index in [0.29, 0.717) is 18.5 Å². The molecular weight excluding hydrogens is 196 g/mol. The normalized spacial score (nSPS) is 10.1. The predicted molar refractivity (Wildman–Crippen MR) is 54.7 cm³/mol. The van der Waals surface area contributed by atoms with Gasteiger partial charge in [-0.05, 0) is 25.8 Å². The summed E-state index contributed by atoms with van der Waals surface area (Å²) in [6, 6.07) is 0. The van der Waals surface area contributed by atoms with E-state index in [9.17, 15) is 9.59 Å². The summed E-state index contributed by atoms with van der Waals surface area (Å²) in [6.45, 7) is 3.55. The fraction of sp³-hybridized carbons (Fsp3) is 0.500. The van der Waals surface area contributed by atoms with Gasteiger partial charge < -0.3 is 9.72 Å². The molecule has 0 aromatic carbocycles. The minimum Gasteiger partial charge on any atom is -0.469 e. The van der Waals surface area contributed by atoms with E-state index in [1.807, 2.05) is 0 Å². The van der Waals surface area contributed by atoms with E-state index < -0.39 is 0 Å². The molecule has 1 aromatic rings. The number of aromatic amines is 1. The Hall–Kier alpha value is -1.65. The Bertz CT molecular complexity index is 397. The van der Waals surface area contributed by atoms with Crippen molar-refractivity contribution in [3.8, 4) is 0 Å². The van der Waals surface area contributed by atoms with Crippen LogP contribution in [0.5, 0.6) is 0 Å². The average molecular weight is 210 g/mol. The molecule has 0 radical (unpaired) electrons. The van der Waals surface area contributed by atoms with Gasteiger partial charge in [-0.15, -0.1) is 0 Å². The van der Waals surface area contributed by atoms with Crippen LogP contribution < -0.4 is 5.69 Å². The Kier molecular flexibility index (Phi) is 3.60. The zero-order valence-corrected chi connectivity index (χ0v) is 9.09. The van der Waals surface area contributed by atoms with Gasteiger partial charge in [0.05, 0.1) is 7.11 Å². The van der Waals surface area contributed by atoms with Gasteiger partial charge in [-0.3, -0.25) is 4.79 Å². The fourth-order valence-corrected chi connectivity index (χ4v) is 1.45. The molecule has 0 aliphatic heterocycles. The number of nitrogens with one attached hydrogen (secondary N) is 1. The molecule has 82 valence electrons. The highest BCUT2D eigenvalue weighted by atomic mass is 16.5. The number of aryl methyl sites for hydroxylation is 2. The van der Waals surface area contributed by atoms with Crippen LogP contribution in [0.1, 0.15) is 23.4 Å². The van der Waals surface area contributed by atoms with E-state index >= 15 is 0 Å². The number of H-pyrrole nitrogens is 1. The second kappa shape index (κ2) is 4.72. The molecule has 1 rings (SSSR count). The standard InChI is InChI=1S/C10H14N2O3/c1-6-8(4-5-9(13)15-3)7(2)12-10(14)11-6/h4-5H2,1-3H3,(H,11,12,14). The maximum absolute atomic E-state index is 11.0. The summed E-state index contributed by atoms with van der Waals surface area (Å²) in [5.41, 5.74) is 1.98. The first kappa shape index (κ1) is 11.4. The van der Waals surface area contributed by atoms with E-state index in [2.05, 4.69) is 14.7 Å². The molecule has 0 bridgehead atoms. The summed E-state index contributed by atoms with van der Waals surface area (Å²) in [6.07, 6.45) is 0.833. The molecule has 0 atom stereocenters. The van der Waals surface area contributed by atoms with Crippen LogP contribution in [0, 0.1) is 13.8 Å². The molecule has 0 aliphatic rings. The fourth-order valence-electron chi connectivity index (χ4n) is 1.45. The molecule has 5 heteroatoms. The molecular formula is C10H14N2O3. The number of esters is 1. The van der Waals surface area contributed by atoms with Crippen molar-refractivity contribution in [2.45, 2.75) is 26.7 Å². The Balaban J connectivity index is 2.86. The highest BCUT2D eigenvalue weighted by Crippen LogP contribution is 2.09. The summed E-state index contributed by atoms with van der Waals surface area (Å²) in [4.78, 5) is 28.3. The average Bonchev–Trinajstić information content (AvgIpc) is 2.15. The molecule has 0 unspecified atom stereocenters. The lowest BCUT2D eigenvalue weighted by Crippen LogP contribution is -2.16. The molecule has 0 fully saturated rings. The van der Waals surface area contributed by atoms with Gasteiger partial charge in [-0.25, -0.2) is 4.79 Å². The second-order valence-corrected chi connectivity index (χ2v) is 3.31. The van der Waals surface area contributed by atoms with Crippen molar-refractivity contribution in [2.75, 3.05) is 7.11 Å². The Labute approximate surface area is 87.5 Å². The van der Waals surface area contributed by atoms with Gasteiger partial charge in [0.25, 0.3) is 0 Å². The van der Waals surface area contributed by atoms with Crippen molar-refractivity contribution < 1.29 is 9.53 Å². The number of carbonyl (C=O) groups is 1. The van der Waals surface area contributed by atoms with Crippen molar-refractivity contribution in [1.82, 2.24) is 9.97 Å². The number of hydrogen-bond donors (Lipinski definition) is 1. The van der Waals surface area contributed by atoms with Crippen LogP contribution in [0.4, 0.5) is 0 Å². The zero-order valence-electron chi connectivity index (χ0n) is 9.09. The van der Waals surface area contributed by atoms with Crippen LogP contribution in [0.25, 0.3) is 0 Å². The summed E-state index contributed by atoms with van der Waals surface area (Å²) >= 11 is 0. The predicted octanol–water partition coefficient (Wildman–Crippen LogP) is 0.492. The number of hydrogen-bond acceptors (Lipinski definition) is 4. The third-order valence-electron chi connectivity index (χ3n) is 2.26. The van der Waals surface area contributed by atoms with Crippen molar-refractivity contribution >= 4 is 5.97 Å². The van der Waals surface area contributed by atoms with Crippen molar-refractivity contribution in [3.05, 3.63) is 27.4 Å². The summed E-state index contributed by atoms with van der Waals surface area (Å²) < 4.78 is 4.54. The molecule has 0 spiro atoms. The number of rotatable bonds is 3. The number of carbonyl (C=O) groups excluding carboxylic acids is 1. The third kappa shape index (κ3) is 2.90. The minimum atomic E-state index is -0.355. The SMILES string of the molecule is COC(=O)CCc1c(C)nc(=O)[nH]c1C. The Morgan fingerprint density at radius 3 is 2.67 bits per heavy atom. The molecule has 5 nitrogen and oxygen atoms in total. The van der Waals surface area contributed by atoms with Crippen LogP contribution in [0.15, 0.2) is 4.79 Å². The third-order valence-corrected chi connectivity index (χ3v) is 2.26. The van der Waals surface area contributed by atoms with E-state index in [0.717, 1.165) is 11.3 Å². The largest absolute Gasteiger partial charge is 0.469 e. The second-order valence-electron chi connectivity index (χ2n) is 3.31. The topological polar surface area (TPSA) is 72.0 Å². The first-order valence-electron chi connectivity index (χ1n) is 4.67. The van der Waals surface area contributed by atoms with Crippen molar-refractivity contribution in [2.24, 2.45) is 0 Å². The molecule has 1 N–H and O–H groups in total. The van der Waals surface area contributed by atoms with Gasteiger partial charge in [-0.2, -0.15) is 4.98 Å². The van der Waals surface area contributed by atoms with Crippen LogP contribution in [0.3, 0.4) is 0 Å². The van der Waals surface area contributed by atoms with Gasteiger partial charge >= 0.3 is 11.7 Å². The summed E-state index contributed by atoms with van der Waals surface area (Å²) in [5, 5.41) is 0. The molecule has 1 heterocycles. The lowest BCUT2D eigenvalue weighted by atomic mass is 10.1. The first-order valence-corrected chi connectivity index (χ1v) is 4.67. The van der Waals surface area contributed by atoms with Gasteiger partial charge in [0, 0.05) is 17.8 Å².